The van der Waals surface area contributed by atoms with Gasteiger partial charge in [-0.05, 0) is 85.8 Å². The number of anilines is 1. The van der Waals surface area contributed by atoms with Crippen molar-refractivity contribution in [1.29, 1.82) is 0 Å². The van der Waals surface area contributed by atoms with E-state index in [4.69, 9.17) is 32.7 Å². The summed E-state index contributed by atoms with van der Waals surface area (Å²) in [6.45, 7) is 3.61. The Morgan fingerprint density at radius 3 is 2.39 bits per heavy atom. The van der Waals surface area contributed by atoms with Crippen LogP contribution in [-0.4, -0.2) is 44.0 Å². The van der Waals surface area contributed by atoms with Crippen LogP contribution in [0.5, 0.6) is 11.5 Å². The number of piperidine rings is 1. The molecule has 2 aliphatic heterocycles. The highest BCUT2D eigenvalue weighted by molar-refractivity contribution is 6.33. The SMILES string of the molecule is COc1ccc(CN2C(=O)C(C)(c3cc(C(=O)N4CCCCC4)ccc3Cl)c3cc(Cl)ccc32)c(OC)c1. The van der Waals surface area contributed by atoms with Crippen molar-refractivity contribution in [2.45, 2.75) is 38.1 Å². The second kappa shape index (κ2) is 10.5. The number of amides is 2. The molecule has 1 saturated heterocycles. The van der Waals surface area contributed by atoms with Gasteiger partial charge >= 0.3 is 0 Å². The molecule has 1 atom stereocenters. The van der Waals surface area contributed by atoms with E-state index in [1.807, 2.05) is 36.1 Å². The quantitative estimate of drug-likeness (QED) is 0.350. The molecule has 0 bridgehead atoms. The molecule has 0 N–H and O–H groups in total. The Morgan fingerprint density at radius 1 is 0.921 bits per heavy atom. The Morgan fingerprint density at radius 2 is 1.68 bits per heavy atom. The zero-order chi connectivity index (χ0) is 27.0. The van der Waals surface area contributed by atoms with Crippen molar-refractivity contribution < 1.29 is 19.1 Å². The smallest absolute Gasteiger partial charge is 0.253 e. The number of rotatable bonds is 6. The number of carbonyl (C=O) groups is 2. The fourth-order valence-corrected chi connectivity index (χ4v) is 6.01. The number of fused-ring (bicyclic) bond motifs is 1. The molecule has 0 aliphatic carbocycles. The maximum Gasteiger partial charge on any atom is 0.253 e. The van der Waals surface area contributed by atoms with E-state index >= 15 is 0 Å². The summed E-state index contributed by atoms with van der Waals surface area (Å²) in [6, 6.07) is 16.2. The number of halogens is 2. The lowest BCUT2D eigenvalue weighted by molar-refractivity contribution is -0.121. The molecule has 8 heteroatoms. The first kappa shape index (κ1) is 26.4. The fraction of sp³-hybridized carbons (Fsp3) is 0.333. The minimum Gasteiger partial charge on any atom is -0.497 e. The summed E-state index contributed by atoms with van der Waals surface area (Å²) >= 11 is 13.2. The molecule has 0 saturated carbocycles. The van der Waals surface area contributed by atoms with Gasteiger partial charge in [-0.3, -0.25) is 9.59 Å². The molecule has 0 radical (unpaired) electrons. The van der Waals surface area contributed by atoms with Gasteiger partial charge in [0.05, 0.1) is 20.8 Å². The Kier molecular flexibility index (Phi) is 7.30. The van der Waals surface area contributed by atoms with E-state index in [9.17, 15) is 9.59 Å². The molecule has 3 aromatic carbocycles. The monoisotopic (exact) mass is 552 g/mol. The summed E-state index contributed by atoms with van der Waals surface area (Å²) in [5, 5.41) is 0.939. The van der Waals surface area contributed by atoms with Crippen molar-refractivity contribution >= 4 is 40.7 Å². The van der Waals surface area contributed by atoms with Gasteiger partial charge in [-0.25, -0.2) is 0 Å². The Bertz CT molecular complexity index is 1400. The normalized spacial score (nSPS) is 18.9. The molecule has 2 heterocycles. The topological polar surface area (TPSA) is 59.1 Å². The Labute approximate surface area is 233 Å². The van der Waals surface area contributed by atoms with Gasteiger partial charge in [-0.2, -0.15) is 0 Å². The van der Waals surface area contributed by atoms with Crippen LogP contribution in [0.2, 0.25) is 10.0 Å². The van der Waals surface area contributed by atoms with Crippen LogP contribution in [0.1, 0.15) is 53.2 Å². The lowest BCUT2D eigenvalue weighted by Crippen LogP contribution is -2.39. The van der Waals surface area contributed by atoms with Crippen LogP contribution in [0.25, 0.3) is 0 Å². The maximum atomic E-state index is 14.3. The van der Waals surface area contributed by atoms with E-state index in [1.54, 1.807) is 49.5 Å². The molecular weight excluding hydrogens is 523 g/mol. The van der Waals surface area contributed by atoms with Crippen LogP contribution in [0.15, 0.2) is 54.6 Å². The van der Waals surface area contributed by atoms with Crippen LogP contribution >= 0.6 is 23.2 Å². The maximum absolute atomic E-state index is 14.3. The second-order valence-corrected chi connectivity index (χ2v) is 10.7. The summed E-state index contributed by atoms with van der Waals surface area (Å²) in [5.74, 6) is 1.09. The first-order valence-electron chi connectivity index (χ1n) is 12.7. The summed E-state index contributed by atoms with van der Waals surface area (Å²) in [6.07, 6.45) is 3.13. The molecule has 38 heavy (non-hydrogen) atoms. The highest BCUT2D eigenvalue weighted by atomic mass is 35.5. The first-order valence-corrected chi connectivity index (χ1v) is 13.5. The summed E-state index contributed by atoms with van der Waals surface area (Å²) in [7, 11) is 3.18. The first-order chi connectivity index (χ1) is 18.3. The molecule has 0 aromatic heterocycles. The Hall–Kier alpha value is -3.22. The van der Waals surface area contributed by atoms with Crippen molar-refractivity contribution in [3.8, 4) is 11.5 Å². The van der Waals surface area contributed by atoms with Crippen LogP contribution in [-0.2, 0) is 16.8 Å². The molecule has 5 rings (SSSR count). The van der Waals surface area contributed by atoms with Crippen molar-refractivity contribution in [2.75, 3.05) is 32.2 Å². The molecule has 2 aliphatic rings. The largest absolute Gasteiger partial charge is 0.497 e. The van der Waals surface area contributed by atoms with E-state index in [2.05, 4.69) is 0 Å². The molecule has 198 valence electrons. The number of ether oxygens (including phenoxy) is 2. The number of benzene rings is 3. The minimum absolute atomic E-state index is 0.0391. The van der Waals surface area contributed by atoms with Gasteiger partial charge in [0.15, 0.2) is 0 Å². The van der Waals surface area contributed by atoms with Gasteiger partial charge in [0, 0.05) is 46.0 Å². The Balaban J connectivity index is 1.58. The van der Waals surface area contributed by atoms with Gasteiger partial charge in [0.25, 0.3) is 5.91 Å². The van der Waals surface area contributed by atoms with Gasteiger partial charge in [-0.15, -0.1) is 0 Å². The van der Waals surface area contributed by atoms with E-state index in [1.165, 1.54) is 0 Å². The molecule has 1 fully saturated rings. The number of methoxy groups -OCH3 is 2. The van der Waals surface area contributed by atoms with E-state index in [0.29, 0.717) is 32.7 Å². The number of nitrogens with zero attached hydrogens (tertiary/aromatic N) is 2. The van der Waals surface area contributed by atoms with E-state index in [-0.39, 0.29) is 18.4 Å². The third kappa shape index (κ3) is 4.50. The summed E-state index contributed by atoms with van der Waals surface area (Å²) < 4.78 is 10.9. The van der Waals surface area contributed by atoms with Crippen LogP contribution < -0.4 is 14.4 Å². The van der Waals surface area contributed by atoms with Crippen LogP contribution in [0.4, 0.5) is 5.69 Å². The third-order valence-electron chi connectivity index (χ3n) is 7.68. The standard InChI is InChI=1S/C30H30Cl2N2O4/c1-30(23-15-19(8-11-25(23)32)28(35)33-13-5-4-6-14-33)24-16-21(31)9-12-26(24)34(29(30)36)18-20-7-10-22(37-2)17-27(20)38-3/h7-12,15-17H,4-6,13-14,18H2,1-3H3. The highest BCUT2D eigenvalue weighted by Gasteiger charge is 2.50. The number of carbonyl (C=O) groups excluding carboxylic acids is 2. The lowest BCUT2D eigenvalue weighted by atomic mass is 9.76. The van der Waals surface area contributed by atoms with Crippen LogP contribution in [0.3, 0.4) is 0 Å². The van der Waals surface area contributed by atoms with Crippen molar-refractivity contribution in [3.63, 3.8) is 0 Å². The van der Waals surface area contributed by atoms with Gasteiger partial charge in [0.1, 0.15) is 16.9 Å². The molecule has 0 spiro atoms. The molecule has 2 amide bonds. The number of hydrogen-bond acceptors (Lipinski definition) is 4. The summed E-state index contributed by atoms with van der Waals surface area (Å²) in [4.78, 5) is 31.3. The van der Waals surface area contributed by atoms with Gasteiger partial charge in [-0.1, -0.05) is 23.2 Å². The van der Waals surface area contributed by atoms with Gasteiger partial charge in [0.2, 0.25) is 5.91 Å². The van der Waals surface area contributed by atoms with Gasteiger partial charge < -0.3 is 19.3 Å². The van der Waals surface area contributed by atoms with Crippen LogP contribution in [0, 0.1) is 0 Å². The molecular formula is C30H30Cl2N2O4. The predicted octanol–water partition coefficient (Wildman–Crippen LogP) is 6.49. The minimum atomic E-state index is -1.14. The zero-order valence-electron chi connectivity index (χ0n) is 21.7. The third-order valence-corrected chi connectivity index (χ3v) is 8.24. The zero-order valence-corrected chi connectivity index (χ0v) is 23.2. The van der Waals surface area contributed by atoms with E-state index in [0.717, 1.165) is 49.2 Å². The van der Waals surface area contributed by atoms with Crippen molar-refractivity contribution in [1.82, 2.24) is 4.90 Å². The predicted molar refractivity (Wildman–Crippen MR) is 150 cm³/mol. The van der Waals surface area contributed by atoms with Crippen molar-refractivity contribution in [3.05, 3.63) is 86.9 Å². The molecule has 6 nitrogen and oxygen atoms in total. The lowest BCUT2D eigenvalue weighted by Gasteiger charge is -2.29. The van der Waals surface area contributed by atoms with Crippen molar-refractivity contribution in [2.24, 2.45) is 0 Å². The number of hydrogen-bond donors (Lipinski definition) is 0. The molecule has 1 unspecified atom stereocenters. The fourth-order valence-electron chi connectivity index (χ4n) is 5.53. The summed E-state index contributed by atoms with van der Waals surface area (Å²) in [5.41, 5.74) is 2.27. The average Bonchev–Trinajstić information content (AvgIpc) is 3.15. The average molecular weight is 553 g/mol. The second-order valence-electron chi connectivity index (χ2n) is 9.90. The van der Waals surface area contributed by atoms with E-state index < -0.39 is 5.41 Å². The molecule has 3 aromatic rings. The number of likely N-dealkylation sites (tertiary alicyclic amines) is 1. The highest BCUT2D eigenvalue weighted by Crippen LogP contribution is 2.49.